The van der Waals surface area contributed by atoms with Crippen molar-refractivity contribution in [2.45, 2.75) is 57.4 Å². The van der Waals surface area contributed by atoms with Crippen LogP contribution in [0.2, 0.25) is 0 Å². The van der Waals surface area contributed by atoms with Gasteiger partial charge in [-0.05, 0) is 39.2 Å². The molecule has 0 bridgehead atoms. The Labute approximate surface area is 153 Å². The van der Waals surface area contributed by atoms with Gasteiger partial charge in [-0.2, -0.15) is 0 Å². The largest absolute Gasteiger partial charge is 0.444 e. The summed E-state index contributed by atoms with van der Waals surface area (Å²) in [6.45, 7) is 6.70. The van der Waals surface area contributed by atoms with Crippen LogP contribution in [0, 0.1) is 0 Å². The van der Waals surface area contributed by atoms with E-state index in [0.29, 0.717) is 32.7 Å². The van der Waals surface area contributed by atoms with Crippen LogP contribution in [0.25, 0.3) is 0 Å². The number of nitrogens with one attached hydrogen (secondary N) is 1. The Morgan fingerprint density at radius 2 is 1.92 bits per heavy atom. The van der Waals surface area contributed by atoms with Gasteiger partial charge in [0.1, 0.15) is 23.8 Å². The van der Waals surface area contributed by atoms with E-state index < -0.39 is 23.3 Å². The molecule has 2 amide bonds. The molecule has 26 heavy (non-hydrogen) atoms. The molecule has 0 aromatic heterocycles. The molecule has 7 heteroatoms. The standard InChI is InChI=1S/C19H26N2O5/c1-18(2,3)26-17(23)20-15-16(22)21(19(15)9-11-24-12-10-19)25-13-14-7-5-4-6-8-14/h4-8,15H,9-13H2,1-3H3,(H,20,23). The second-order valence-corrected chi connectivity index (χ2v) is 7.69. The molecule has 1 aromatic rings. The van der Waals surface area contributed by atoms with E-state index in [1.54, 1.807) is 20.8 Å². The Balaban J connectivity index is 1.68. The molecule has 1 atom stereocenters. The van der Waals surface area contributed by atoms with Crippen LogP contribution in [0.4, 0.5) is 4.79 Å². The van der Waals surface area contributed by atoms with Gasteiger partial charge >= 0.3 is 6.09 Å². The van der Waals surface area contributed by atoms with E-state index in [1.165, 1.54) is 5.06 Å². The highest BCUT2D eigenvalue weighted by molar-refractivity contribution is 5.93. The van der Waals surface area contributed by atoms with Crippen molar-refractivity contribution in [2.75, 3.05) is 13.2 Å². The average Bonchev–Trinajstić information content (AvgIpc) is 2.60. The maximum absolute atomic E-state index is 12.6. The number of nitrogens with zero attached hydrogens (tertiary/aromatic N) is 1. The highest BCUT2D eigenvalue weighted by Crippen LogP contribution is 2.41. The first-order valence-corrected chi connectivity index (χ1v) is 8.90. The summed E-state index contributed by atoms with van der Waals surface area (Å²) in [5, 5.41) is 4.14. The van der Waals surface area contributed by atoms with Crippen LogP contribution in [0.3, 0.4) is 0 Å². The van der Waals surface area contributed by atoms with Gasteiger partial charge in [0.25, 0.3) is 5.91 Å². The van der Waals surface area contributed by atoms with Crippen LogP contribution in [-0.2, 0) is 25.7 Å². The number of alkyl carbamates (subject to hydrolysis) is 1. The zero-order chi connectivity index (χ0) is 18.8. The van der Waals surface area contributed by atoms with Crippen molar-refractivity contribution in [3.63, 3.8) is 0 Å². The Morgan fingerprint density at radius 3 is 2.54 bits per heavy atom. The summed E-state index contributed by atoms with van der Waals surface area (Å²) in [5.41, 5.74) is -0.226. The lowest BCUT2D eigenvalue weighted by molar-refractivity contribution is -0.283. The van der Waals surface area contributed by atoms with E-state index in [1.807, 2.05) is 30.3 Å². The van der Waals surface area contributed by atoms with Gasteiger partial charge in [-0.15, -0.1) is 0 Å². The first-order chi connectivity index (χ1) is 12.3. The molecule has 7 nitrogen and oxygen atoms in total. The molecule has 2 heterocycles. The first-order valence-electron chi connectivity index (χ1n) is 8.90. The van der Waals surface area contributed by atoms with Crippen molar-refractivity contribution < 1.29 is 23.9 Å². The van der Waals surface area contributed by atoms with E-state index in [4.69, 9.17) is 14.3 Å². The molecule has 2 aliphatic rings. The van der Waals surface area contributed by atoms with Gasteiger partial charge in [-0.3, -0.25) is 9.63 Å². The topological polar surface area (TPSA) is 77.1 Å². The summed E-state index contributed by atoms with van der Waals surface area (Å²) in [5.74, 6) is -0.256. The van der Waals surface area contributed by atoms with Crippen molar-refractivity contribution in [3.05, 3.63) is 35.9 Å². The minimum Gasteiger partial charge on any atom is -0.444 e. The van der Waals surface area contributed by atoms with Gasteiger partial charge in [0.05, 0.1) is 0 Å². The van der Waals surface area contributed by atoms with Crippen LogP contribution < -0.4 is 5.32 Å². The van der Waals surface area contributed by atoms with E-state index in [9.17, 15) is 9.59 Å². The molecule has 1 aromatic carbocycles. The van der Waals surface area contributed by atoms with Crippen molar-refractivity contribution in [1.82, 2.24) is 10.4 Å². The van der Waals surface area contributed by atoms with Gasteiger partial charge in [0.15, 0.2) is 0 Å². The third-order valence-corrected chi connectivity index (χ3v) is 4.61. The van der Waals surface area contributed by atoms with Gasteiger partial charge in [0.2, 0.25) is 0 Å². The third kappa shape index (κ3) is 3.83. The smallest absolute Gasteiger partial charge is 0.408 e. The number of benzene rings is 1. The molecule has 1 unspecified atom stereocenters. The predicted octanol–water partition coefficient (Wildman–Crippen LogP) is 2.40. The quantitative estimate of drug-likeness (QED) is 0.833. The third-order valence-electron chi connectivity index (χ3n) is 4.61. The van der Waals surface area contributed by atoms with Gasteiger partial charge in [-0.1, -0.05) is 30.3 Å². The average molecular weight is 362 g/mol. The van der Waals surface area contributed by atoms with Crippen LogP contribution in [-0.4, -0.2) is 47.5 Å². The fraction of sp³-hybridized carbons (Fsp3) is 0.579. The lowest BCUT2D eigenvalue weighted by Gasteiger charge is -2.57. The fourth-order valence-corrected chi connectivity index (χ4v) is 3.36. The number of amides is 2. The Bertz CT molecular complexity index is 650. The molecule has 0 saturated carbocycles. The van der Waals surface area contributed by atoms with Crippen molar-refractivity contribution in [3.8, 4) is 0 Å². The number of hydroxylamine groups is 2. The molecule has 142 valence electrons. The monoisotopic (exact) mass is 362 g/mol. The van der Waals surface area contributed by atoms with Crippen molar-refractivity contribution in [2.24, 2.45) is 0 Å². The first kappa shape index (κ1) is 18.7. The number of hydrogen-bond donors (Lipinski definition) is 1. The maximum atomic E-state index is 12.6. The lowest BCUT2D eigenvalue weighted by Crippen LogP contribution is -2.80. The number of ether oxygens (including phenoxy) is 2. The van der Waals surface area contributed by atoms with Gasteiger partial charge in [-0.25, -0.2) is 9.86 Å². The SMILES string of the molecule is CC(C)(C)OC(=O)NC1C(=O)N(OCc2ccccc2)C12CCOCC2. The molecule has 1 N–H and O–H groups in total. The molecule has 3 rings (SSSR count). The predicted molar refractivity (Wildman–Crippen MR) is 94.0 cm³/mol. The number of carbonyl (C=O) groups is 2. The molecule has 2 saturated heterocycles. The summed E-state index contributed by atoms with van der Waals surface area (Å²) < 4.78 is 10.7. The summed E-state index contributed by atoms with van der Waals surface area (Å²) in [6, 6.07) is 9.01. The Morgan fingerprint density at radius 1 is 1.27 bits per heavy atom. The molecule has 2 fully saturated rings. The van der Waals surface area contributed by atoms with E-state index in [-0.39, 0.29) is 5.91 Å². The summed E-state index contributed by atoms with van der Waals surface area (Å²) >= 11 is 0. The number of rotatable bonds is 4. The minimum absolute atomic E-state index is 0.256. The van der Waals surface area contributed by atoms with E-state index in [0.717, 1.165) is 5.56 Å². The number of β-lactam (4-membered cyclic amide) rings is 1. The van der Waals surface area contributed by atoms with Gasteiger partial charge in [0, 0.05) is 13.2 Å². The number of hydrogen-bond acceptors (Lipinski definition) is 5. The lowest BCUT2D eigenvalue weighted by atomic mass is 9.74. The zero-order valence-corrected chi connectivity index (χ0v) is 15.5. The van der Waals surface area contributed by atoms with Crippen molar-refractivity contribution >= 4 is 12.0 Å². The van der Waals surface area contributed by atoms with Crippen LogP contribution in [0.5, 0.6) is 0 Å². The van der Waals surface area contributed by atoms with Crippen LogP contribution in [0.15, 0.2) is 30.3 Å². The zero-order valence-electron chi connectivity index (χ0n) is 15.5. The second-order valence-electron chi connectivity index (χ2n) is 7.69. The highest BCUT2D eigenvalue weighted by atomic mass is 16.7. The molecular weight excluding hydrogens is 336 g/mol. The van der Waals surface area contributed by atoms with Crippen molar-refractivity contribution in [1.29, 1.82) is 0 Å². The Kier molecular flexibility index (Phi) is 5.20. The molecule has 2 aliphatic heterocycles. The van der Waals surface area contributed by atoms with E-state index >= 15 is 0 Å². The fourth-order valence-electron chi connectivity index (χ4n) is 3.36. The van der Waals surface area contributed by atoms with Crippen LogP contribution >= 0.6 is 0 Å². The van der Waals surface area contributed by atoms with E-state index in [2.05, 4.69) is 5.32 Å². The summed E-state index contributed by atoms with van der Waals surface area (Å²) in [7, 11) is 0. The Hall–Kier alpha value is -2.12. The molecule has 0 aliphatic carbocycles. The van der Waals surface area contributed by atoms with Gasteiger partial charge < -0.3 is 14.8 Å². The highest BCUT2D eigenvalue weighted by Gasteiger charge is 2.62. The second kappa shape index (κ2) is 7.25. The maximum Gasteiger partial charge on any atom is 0.408 e. The van der Waals surface area contributed by atoms with Crippen LogP contribution in [0.1, 0.15) is 39.2 Å². The number of carbonyl (C=O) groups excluding carboxylic acids is 2. The molecule has 1 spiro atoms. The molecule has 0 radical (unpaired) electrons. The summed E-state index contributed by atoms with van der Waals surface area (Å²) in [6.07, 6.45) is 0.617. The summed E-state index contributed by atoms with van der Waals surface area (Å²) in [4.78, 5) is 30.6. The normalized spacial score (nSPS) is 22.0. The molecular formula is C19H26N2O5. The minimum atomic E-state index is -0.656.